The average molecular weight is 627 g/mol. The van der Waals surface area contributed by atoms with Crippen molar-refractivity contribution in [2.75, 3.05) is 26.1 Å². The number of carboxylic acids is 1. The van der Waals surface area contributed by atoms with Crippen molar-refractivity contribution < 1.29 is 38.5 Å². The molecule has 1 aliphatic heterocycles. The van der Waals surface area contributed by atoms with Gasteiger partial charge in [-0.05, 0) is 93.4 Å². The molecule has 2 N–H and O–H groups in total. The van der Waals surface area contributed by atoms with Gasteiger partial charge in [0.15, 0.2) is 11.5 Å². The molecule has 3 aromatic carbocycles. The number of amides is 3. The van der Waals surface area contributed by atoms with E-state index in [0.717, 1.165) is 22.2 Å². The average Bonchev–Trinajstić information content (AvgIpc) is 3.19. The number of halogens is 1. The maximum atomic E-state index is 12.9. The van der Waals surface area contributed by atoms with Gasteiger partial charge in [-0.2, -0.15) is 0 Å². The fourth-order valence-corrected chi connectivity index (χ4v) is 5.08. The summed E-state index contributed by atoms with van der Waals surface area (Å²) in [6, 6.07) is 16.3. The van der Waals surface area contributed by atoms with Crippen LogP contribution in [-0.4, -0.2) is 53.8 Å². The number of nitrogens with one attached hydrogen (secondary N) is 1. The topological polar surface area (TPSA) is 131 Å². The first-order chi connectivity index (χ1) is 19.2. The van der Waals surface area contributed by atoms with E-state index in [2.05, 4.69) is 21.2 Å². The minimum Gasteiger partial charge on any atom is -0.497 e. The van der Waals surface area contributed by atoms with Crippen molar-refractivity contribution in [2.24, 2.45) is 0 Å². The molecule has 0 bridgehead atoms. The summed E-state index contributed by atoms with van der Waals surface area (Å²) < 4.78 is 17.0. The summed E-state index contributed by atoms with van der Waals surface area (Å²) in [6.07, 6.45) is 1.54. The molecule has 0 aromatic heterocycles. The molecule has 1 fully saturated rings. The van der Waals surface area contributed by atoms with Crippen LogP contribution in [0.1, 0.15) is 21.5 Å². The van der Waals surface area contributed by atoms with Crippen molar-refractivity contribution in [3.05, 3.63) is 86.7 Å². The first-order valence-corrected chi connectivity index (χ1v) is 13.3. The molecule has 1 aliphatic rings. The SMILES string of the molecule is COc1ccc(NC(=O)CN2C(=O)S/C(=C/c3cc(Br)c(OCc4ccc(C(=O)O)cc4)c(OC)c3)C2=O)cc1. The molecule has 40 heavy (non-hydrogen) atoms. The van der Waals surface area contributed by atoms with Crippen molar-refractivity contribution >= 4 is 62.5 Å². The second kappa shape index (κ2) is 12.7. The second-order valence-electron chi connectivity index (χ2n) is 8.37. The third kappa shape index (κ3) is 6.82. The van der Waals surface area contributed by atoms with Crippen LogP contribution >= 0.6 is 27.7 Å². The summed E-state index contributed by atoms with van der Waals surface area (Å²) in [5, 5.41) is 11.1. The van der Waals surface area contributed by atoms with E-state index in [0.29, 0.717) is 33.0 Å². The van der Waals surface area contributed by atoms with Gasteiger partial charge in [-0.25, -0.2) is 4.79 Å². The number of carbonyl (C=O) groups excluding carboxylic acids is 3. The predicted octanol–water partition coefficient (Wildman–Crippen LogP) is 5.42. The Morgan fingerprint density at radius 1 is 1.02 bits per heavy atom. The van der Waals surface area contributed by atoms with Crippen molar-refractivity contribution in [3.8, 4) is 17.2 Å². The molecule has 3 amide bonds. The smallest absolute Gasteiger partial charge is 0.335 e. The summed E-state index contributed by atoms with van der Waals surface area (Å²) in [5.74, 6) is -0.699. The zero-order valence-electron chi connectivity index (χ0n) is 21.3. The van der Waals surface area contributed by atoms with E-state index in [1.165, 1.54) is 32.4 Å². The van der Waals surface area contributed by atoms with Crippen LogP contribution < -0.4 is 19.5 Å². The van der Waals surface area contributed by atoms with Gasteiger partial charge in [-0.1, -0.05) is 12.1 Å². The van der Waals surface area contributed by atoms with Gasteiger partial charge in [0, 0.05) is 5.69 Å². The molecular weight excluding hydrogens is 604 g/mol. The van der Waals surface area contributed by atoms with Crippen LogP contribution in [0.4, 0.5) is 10.5 Å². The van der Waals surface area contributed by atoms with Crippen LogP contribution in [0, 0.1) is 0 Å². The number of carboxylic acid groups (broad SMARTS) is 1. The molecular formula is C28H23BrN2O8S. The second-order valence-corrected chi connectivity index (χ2v) is 10.2. The minimum atomic E-state index is -1.01. The molecule has 1 heterocycles. The molecule has 0 aliphatic carbocycles. The van der Waals surface area contributed by atoms with Crippen LogP contribution in [0.5, 0.6) is 17.2 Å². The van der Waals surface area contributed by atoms with E-state index >= 15 is 0 Å². The van der Waals surface area contributed by atoms with Gasteiger partial charge in [-0.15, -0.1) is 0 Å². The van der Waals surface area contributed by atoms with Crippen LogP contribution in [0.25, 0.3) is 6.08 Å². The number of benzene rings is 3. The monoisotopic (exact) mass is 626 g/mol. The first kappa shape index (κ1) is 28.7. The Balaban J connectivity index is 1.44. The number of methoxy groups -OCH3 is 2. The molecule has 3 aromatic rings. The van der Waals surface area contributed by atoms with Crippen molar-refractivity contribution in [1.82, 2.24) is 4.90 Å². The maximum Gasteiger partial charge on any atom is 0.335 e. The summed E-state index contributed by atoms with van der Waals surface area (Å²) in [6.45, 7) is -0.271. The molecule has 4 rings (SSSR count). The van der Waals surface area contributed by atoms with Gasteiger partial charge in [0.05, 0.1) is 29.2 Å². The number of imide groups is 1. The Bertz CT molecular complexity index is 1490. The van der Waals surface area contributed by atoms with Crippen LogP contribution in [0.3, 0.4) is 0 Å². The summed E-state index contributed by atoms with van der Waals surface area (Å²) in [5.41, 5.74) is 2.00. The van der Waals surface area contributed by atoms with E-state index in [1.807, 2.05) is 0 Å². The van der Waals surface area contributed by atoms with E-state index in [-0.39, 0.29) is 17.1 Å². The Morgan fingerprint density at radius 3 is 2.35 bits per heavy atom. The van der Waals surface area contributed by atoms with Crippen molar-refractivity contribution in [3.63, 3.8) is 0 Å². The lowest BCUT2D eigenvalue weighted by molar-refractivity contribution is -0.127. The normalized spacial score (nSPS) is 13.9. The number of thioether (sulfide) groups is 1. The molecule has 1 saturated heterocycles. The van der Waals surface area contributed by atoms with Crippen molar-refractivity contribution in [1.29, 1.82) is 0 Å². The van der Waals surface area contributed by atoms with Gasteiger partial charge in [-0.3, -0.25) is 19.3 Å². The van der Waals surface area contributed by atoms with E-state index in [4.69, 9.17) is 19.3 Å². The first-order valence-electron chi connectivity index (χ1n) is 11.7. The van der Waals surface area contributed by atoms with Crippen LogP contribution in [0.2, 0.25) is 0 Å². The number of hydrogen-bond acceptors (Lipinski definition) is 8. The Labute approximate surface area is 242 Å². The number of aromatic carboxylic acids is 1. The highest BCUT2D eigenvalue weighted by Crippen LogP contribution is 2.39. The Morgan fingerprint density at radius 2 is 1.73 bits per heavy atom. The lowest BCUT2D eigenvalue weighted by Gasteiger charge is -2.14. The minimum absolute atomic E-state index is 0.156. The predicted molar refractivity (Wildman–Crippen MR) is 153 cm³/mol. The molecule has 0 unspecified atom stereocenters. The molecule has 12 heteroatoms. The Hall–Kier alpha value is -4.29. The van der Waals surface area contributed by atoms with Gasteiger partial charge in [0.25, 0.3) is 11.1 Å². The Kier molecular flexibility index (Phi) is 9.12. The lowest BCUT2D eigenvalue weighted by atomic mass is 10.1. The molecule has 0 spiro atoms. The van der Waals surface area contributed by atoms with Gasteiger partial charge in [0.2, 0.25) is 5.91 Å². The van der Waals surface area contributed by atoms with Gasteiger partial charge >= 0.3 is 5.97 Å². The highest BCUT2D eigenvalue weighted by molar-refractivity contribution is 9.10. The fourth-order valence-electron chi connectivity index (χ4n) is 3.67. The third-order valence-corrected chi connectivity index (χ3v) is 7.18. The third-order valence-electron chi connectivity index (χ3n) is 5.68. The summed E-state index contributed by atoms with van der Waals surface area (Å²) >= 11 is 4.20. The molecule has 10 nitrogen and oxygen atoms in total. The van der Waals surface area contributed by atoms with E-state index in [9.17, 15) is 19.2 Å². The lowest BCUT2D eigenvalue weighted by Crippen LogP contribution is -2.36. The van der Waals surface area contributed by atoms with E-state index < -0.39 is 29.6 Å². The summed E-state index contributed by atoms with van der Waals surface area (Å²) in [4.78, 5) is 50.0. The largest absolute Gasteiger partial charge is 0.497 e. The summed E-state index contributed by atoms with van der Waals surface area (Å²) in [7, 11) is 3.00. The highest BCUT2D eigenvalue weighted by atomic mass is 79.9. The number of anilines is 1. The highest BCUT2D eigenvalue weighted by Gasteiger charge is 2.36. The number of nitrogens with zero attached hydrogens (tertiary/aromatic N) is 1. The zero-order chi connectivity index (χ0) is 28.8. The van der Waals surface area contributed by atoms with Crippen molar-refractivity contribution in [2.45, 2.75) is 6.61 Å². The quantitative estimate of drug-likeness (QED) is 0.283. The van der Waals surface area contributed by atoms with Gasteiger partial charge in [0.1, 0.15) is 18.9 Å². The number of rotatable bonds is 10. The zero-order valence-corrected chi connectivity index (χ0v) is 23.7. The van der Waals surface area contributed by atoms with Crippen LogP contribution in [0.15, 0.2) is 70.0 Å². The molecule has 0 radical (unpaired) electrons. The fraction of sp³-hybridized carbons (Fsp3) is 0.143. The number of carbonyl (C=O) groups is 4. The van der Waals surface area contributed by atoms with Gasteiger partial charge < -0.3 is 24.6 Å². The molecule has 206 valence electrons. The molecule has 0 saturated carbocycles. The number of ether oxygens (including phenoxy) is 3. The molecule has 0 atom stereocenters. The number of hydrogen-bond donors (Lipinski definition) is 2. The maximum absolute atomic E-state index is 12.9. The van der Waals surface area contributed by atoms with E-state index in [1.54, 1.807) is 48.5 Å². The van der Waals surface area contributed by atoms with Crippen LogP contribution in [-0.2, 0) is 16.2 Å². The standard InChI is InChI=1S/C28H23BrN2O8S/c1-37-20-9-7-19(8-10-20)30-24(32)14-31-26(33)23(40-28(31)36)13-17-11-21(29)25(22(12-17)38-2)39-15-16-3-5-18(6-4-16)27(34)35/h3-13H,14-15H2,1-2H3,(H,30,32)(H,34,35)/b23-13+.